The largest absolute Gasteiger partial charge is 0.481 e. The lowest BCUT2D eigenvalue weighted by Gasteiger charge is -2.25. The van der Waals surface area contributed by atoms with Gasteiger partial charge < -0.3 is 14.9 Å². The van der Waals surface area contributed by atoms with Crippen LogP contribution in [0.15, 0.2) is 0 Å². The van der Waals surface area contributed by atoms with Crippen molar-refractivity contribution in [3.05, 3.63) is 0 Å². The fraction of sp³-hybridized carbons (Fsp3) is 0.929. The lowest BCUT2D eigenvalue weighted by Crippen LogP contribution is -2.39. The summed E-state index contributed by atoms with van der Waals surface area (Å²) in [6, 6.07) is 0.462. The van der Waals surface area contributed by atoms with Gasteiger partial charge in [-0.05, 0) is 25.7 Å². The zero-order chi connectivity index (χ0) is 13.8. The summed E-state index contributed by atoms with van der Waals surface area (Å²) >= 11 is 0. The number of carboxylic acid groups (broad SMARTS) is 1. The molecule has 2 heterocycles. The van der Waals surface area contributed by atoms with Crippen molar-refractivity contribution in [3.63, 3.8) is 0 Å². The van der Waals surface area contributed by atoms with E-state index in [4.69, 9.17) is 4.74 Å². The van der Waals surface area contributed by atoms with E-state index >= 15 is 0 Å². The van der Waals surface area contributed by atoms with Gasteiger partial charge in [0.15, 0.2) is 0 Å². The molecule has 0 spiro atoms. The van der Waals surface area contributed by atoms with Gasteiger partial charge in [-0.15, -0.1) is 0 Å². The van der Waals surface area contributed by atoms with Gasteiger partial charge in [0.1, 0.15) is 0 Å². The second-order valence-corrected chi connectivity index (χ2v) is 5.76. The molecule has 2 N–H and O–H groups in total. The summed E-state index contributed by atoms with van der Waals surface area (Å²) in [5.74, 6) is -0.933. The topological polar surface area (TPSA) is 70.0 Å². The van der Waals surface area contributed by atoms with E-state index in [0.29, 0.717) is 25.8 Å². The van der Waals surface area contributed by atoms with E-state index in [1.165, 1.54) is 0 Å². The second-order valence-electron chi connectivity index (χ2n) is 5.76. The number of hydrogen-bond donors (Lipinski definition) is 2. The van der Waals surface area contributed by atoms with Gasteiger partial charge in [-0.3, -0.25) is 9.69 Å². The number of carboxylic acids is 1. The third-order valence-electron chi connectivity index (χ3n) is 4.37. The Morgan fingerprint density at radius 3 is 2.89 bits per heavy atom. The number of carbonyl (C=O) groups is 1. The smallest absolute Gasteiger partial charge is 0.308 e. The fourth-order valence-corrected chi connectivity index (χ4v) is 3.41. The Balaban J connectivity index is 1.75. The highest BCUT2D eigenvalue weighted by Crippen LogP contribution is 2.41. The van der Waals surface area contributed by atoms with Gasteiger partial charge in [0.05, 0.1) is 18.6 Å². The molecule has 4 unspecified atom stereocenters. The third-order valence-corrected chi connectivity index (χ3v) is 4.37. The van der Waals surface area contributed by atoms with Gasteiger partial charge in [-0.2, -0.15) is 0 Å². The molecule has 0 aromatic carbocycles. The molecule has 4 atom stereocenters. The number of hydrogen-bond acceptors (Lipinski definition) is 4. The lowest BCUT2D eigenvalue weighted by atomic mass is 9.89. The molecule has 2 saturated heterocycles. The summed E-state index contributed by atoms with van der Waals surface area (Å²) in [4.78, 5) is 13.3. The molecule has 0 aliphatic carbocycles. The van der Waals surface area contributed by atoms with Crippen molar-refractivity contribution < 1.29 is 19.7 Å². The molecular weight excluding hydrogens is 246 g/mol. The Hall–Kier alpha value is -0.650. The number of unbranched alkanes of at least 4 members (excludes halogenated alkanes) is 1. The number of aliphatic hydroxyl groups is 1. The summed E-state index contributed by atoms with van der Waals surface area (Å²) < 4.78 is 5.42. The summed E-state index contributed by atoms with van der Waals surface area (Å²) in [5, 5.41) is 19.2. The first-order valence-electron chi connectivity index (χ1n) is 7.37. The molecule has 2 rings (SSSR count). The molecule has 19 heavy (non-hydrogen) atoms. The van der Waals surface area contributed by atoms with E-state index in [9.17, 15) is 15.0 Å². The Kier molecular flexibility index (Phi) is 5.19. The van der Waals surface area contributed by atoms with E-state index in [2.05, 4.69) is 11.8 Å². The Labute approximate surface area is 114 Å². The minimum absolute atomic E-state index is 0.118. The average Bonchev–Trinajstić information content (AvgIpc) is 2.92. The van der Waals surface area contributed by atoms with Crippen molar-refractivity contribution in [1.82, 2.24) is 4.90 Å². The van der Waals surface area contributed by atoms with Crippen molar-refractivity contribution in [3.8, 4) is 0 Å². The van der Waals surface area contributed by atoms with Gasteiger partial charge in [0.2, 0.25) is 0 Å². The maximum atomic E-state index is 11.2. The number of ether oxygens (including phenoxy) is 1. The number of fused-ring (bicyclic) bond motifs is 2. The van der Waals surface area contributed by atoms with Crippen LogP contribution in [0.4, 0.5) is 0 Å². The maximum Gasteiger partial charge on any atom is 0.308 e. The van der Waals surface area contributed by atoms with E-state index in [-0.39, 0.29) is 12.0 Å². The number of rotatable bonds is 8. The van der Waals surface area contributed by atoms with Crippen LogP contribution in [0.3, 0.4) is 0 Å². The first kappa shape index (κ1) is 14.8. The first-order chi connectivity index (χ1) is 9.13. The van der Waals surface area contributed by atoms with Crippen LogP contribution in [0.1, 0.15) is 39.0 Å². The summed E-state index contributed by atoms with van der Waals surface area (Å²) in [7, 11) is 0. The highest BCUT2D eigenvalue weighted by molar-refractivity contribution is 5.71. The molecule has 2 aliphatic heterocycles. The minimum atomic E-state index is -0.689. The predicted octanol–water partition coefficient (Wildman–Crippen LogP) is 1.10. The van der Waals surface area contributed by atoms with Gasteiger partial charge >= 0.3 is 5.97 Å². The molecule has 0 radical (unpaired) electrons. The SMILES string of the molecule is CCCCOCC(O)CN1C2CCC1C(C(=O)O)C2. The zero-order valence-corrected chi connectivity index (χ0v) is 11.6. The normalized spacial score (nSPS) is 31.8. The van der Waals surface area contributed by atoms with Gasteiger partial charge in [0.25, 0.3) is 0 Å². The summed E-state index contributed by atoms with van der Waals surface area (Å²) in [6.07, 6.45) is 4.36. The van der Waals surface area contributed by atoms with Crippen molar-refractivity contribution in [2.24, 2.45) is 5.92 Å². The molecule has 5 nitrogen and oxygen atoms in total. The molecule has 5 heteroatoms. The molecule has 2 aliphatic rings. The standard InChI is InChI=1S/C14H25NO4/c1-2-3-6-19-9-11(16)8-15-10-4-5-13(15)12(7-10)14(17)18/h10-13,16H,2-9H2,1H3,(H,17,18). The van der Waals surface area contributed by atoms with E-state index < -0.39 is 12.1 Å². The van der Waals surface area contributed by atoms with Crippen LogP contribution in [-0.2, 0) is 9.53 Å². The minimum Gasteiger partial charge on any atom is -0.481 e. The van der Waals surface area contributed by atoms with Crippen LogP contribution in [0, 0.1) is 5.92 Å². The Bertz CT molecular complexity index is 310. The number of aliphatic carboxylic acids is 1. The lowest BCUT2D eigenvalue weighted by molar-refractivity contribution is -0.142. The maximum absolute atomic E-state index is 11.2. The predicted molar refractivity (Wildman–Crippen MR) is 71.0 cm³/mol. The first-order valence-corrected chi connectivity index (χ1v) is 7.37. The summed E-state index contributed by atoms with van der Waals surface area (Å²) in [6.45, 7) is 3.70. The average molecular weight is 271 g/mol. The molecule has 0 amide bonds. The quantitative estimate of drug-likeness (QED) is 0.647. The number of aliphatic hydroxyl groups excluding tert-OH is 1. The van der Waals surface area contributed by atoms with Crippen molar-refractivity contribution in [2.75, 3.05) is 19.8 Å². The highest BCUT2D eigenvalue weighted by Gasteiger charge is 2.49. The Morgan fingerprint density at radius 1 is 1.47 bits per heavy atom. The van der Waals surface area contributed by atoms with Crippen molar-refractivity contribution in [2.45, 2.75) is 57.2 Å². The third kappa shape index (κ3) is 3.46. The molecule has 0 saturated carbocycles. The van der Waals surface area contributed by atoms with Crippen LogP contribution < -0.4 is 0 Å². The van der Waals surface area contributed by atoms with E-state index in [0.717, 1.165) is 32.1 Å². The highest BCUT2D eigenvalue weighted by atomic mass is 16.5. The molecule has 0 aromatic heterocycles. The van der Waals surface area contributed by atoms with Crippen molar-refractivity contribution >= 4 is 5.97 Å². The van der Waals surface area contributed by atoms with Crippen LogP contribution in [0.2, 0.25) is 0 Å². The zero-order valence-electron chi connectivity index (χ0n) is 11.6. The van der Waals surface area contributed by atoms with Crippen LogP contribution in [0.5, 0.6) is 0 Å². The van der Waals surface area contributed by atoms with Gasteiger partial charge in [-0.1, -0.05) is 13.3 Å². The van der Waals surface area contributed by atoms with Gasteiger partial charge in [-0.25, -0.2) is 0 Å². The molecule has 2 bridgehead atoms. The summed E-state index contributed by atoms with van der Waals surface area (Å²) in [5.41, 5.74) is 0. The second kappa shape index (κ2) is 6.68. The molecule has 2 fully saturated rings. The van der Waals surface area contributed by atoms with E-state index in [1.807, 2.05) is 0 Å². The molecule has 110 valence electrons. The van der Waals surface area contributed by atoms with Crippen LogP contribution in [-0.4, -0.2) is 59.0 Å². The Morgan fingerprint density at radius 2 is 2.26 bits per heavy atom. The monoisotopic (exact) mass is 271 g/mol. The fourth-order valence-electron chi connectivity index (χ4n) is 3.41. The van der Waals surface area contributed by atoms with Crippen LogP contribution >= 0.6 is 0 Å². The van der Waals surface area contributed by atoms with Gasteiger partial charge in [0, 0.05) is 25.2 Å². The van der Waals surface area contributed by atoms with Crippen molar-refractivity contribution in [1.29, 1.82) is 0 Å². The van der Waals surface area contributed by atoms with E-state index in [1.54, 1.807) is 0 Å². The molecular formula is C14H25NO4. The number of nitrogens with zero attached hydrogens (tertiary/aromatic N) is 1. The molecule has 0 aromatic rings. The van der Waals surface area contributed by atoms with Crippen LogP contribution in [0.25, 0.3) is 0 Å².